The maximum atomic E-state index is 12.8. The van der Waals surface area contributed by atoms with Crippen LogP contribution in [0.25, 0.3) is 0 Å². The summed E-state index contributed by atoms with van der Waals surface area (Å²) in [5, 5.41) is 6.06. The predicted molar refractivity (Wildman–Crippen MR) is 126 cm³/mol. The van der Waals surface area contributed by atoms with Gasteiger partial charge in [0.15, 0.2) is 5.69 Å². The summed E-state index contributed by atoms with van der Waals surface area (Å²) in [6.07, 6.45) is 5.78. The number of nitrogens with one attached hydrogen (secondary N) is 2. The van der Waals surface area contributed by atoms with Crippen molar-refractivity contribution < 1.29 is 9.59 Å². The molecule has 2 aromatic heterocycles. The van der Waals surface area contributed by atoms with Crippen LogP contribution in [0.2, 0.25) is 5.02 Å². The average molecular weight is 466 g/mol. The molecule has 0 spiro atoms. The Kier molecular flexibility index (Phi) is 9.68. The van der Waals surface area contributed by atoms with Crippen LogP contribution in [0.5, 0.6) is 0 Å². The van der Waals surface area contributed by atoms with Crippen molar-refractivity contribution in [2.24, 2.45) is 11.8 Å². The normalized spacial score (nSPS) is 14.7. The Morgan fingerprint density at radius 3 is 2.55 bits per heavy atom. The first-order chi connectivity index (χ1) is 14.4. The molecule has 0 aliphatic carbocycles. The number of likely N-dealkylation sites (tertiary alicyclic amines) is 1. The number of amides is 2. The van der Waals surface area contributed by atoms with E-state index in [0.29, 0.717) is 22.4 Å². The molecule has 2 amide bonds. The third-order valence-electron chi connectivity index (χ3n) is 5.23. The van der Waals surface area contributed by atoms with Crippen LogP contribution in [0.1, 0.15) is 43.6 Å². The summed E-state index contributed by atoms with van der Waals surface area (Å²) < 4.78 is 0. The van der Waals surface area contributed by atoms with Crippen LogP contribution in [0.4, 0.5) is 11.5 Å². The predicted octanol–water partition coefficient (Wildman–Crippen LogP) is 4.50. The van der Waals surface area contributed by atoms with E-state index in [1.807, 2.05) is 0 Å². The number of pyridine rings is 2. The second-order valence-electron chi connectivity index (χ2n) is 8.00. The lowest BCUT2D eigenvalue weighted by molar-refractivity contribution is -0.121. The lowest BCUT2D eigenvalue weighted by Gasteiger charge is -2.31. The molecule has 9 heteroatoms. The van der Waals surface area contributed by atoms with Crippen LogP contribution in [-0.2, 0) is 4.79 Å². The van der Waals surface area contributed by atoms with Gasteiger partial charge in [0.1, 0.15) is 5.82 Å². The first-order valence-corrected chi connectivity index (χ1v) is 10.7. The van der Waals surface area contributed by atoms with Crippen LogP contribution < -0.4 is 10.6 Å². The van der Waals surface area contributed by atoms with Crippen molar-refractivity contribution in [2.75, 3.05) is 30.3 Å². The van der Waals surface area contributed by atoms with Gasteiger partial charge in [0.2, 0.25) is 5.91 Å². The molecule has 0 unspecified atom stereocenters. The largest absolute Gasteiger partial charge is 0.324 e. The van der Waals surface area contributed by atoms with Crippen molar-refractivity contribution in [1.29, 1.82) is 0 Å². The molecule has 2 N–H and O–H groups in total. The van der Waals surface area contributed by atoms with Gasteiger partial charge < -0.3 is 15.5 Å². The minimum Gasteiger partial charge on any atom is -0.324 e. The second kappa shape index (κ2) is 12.0. The lowest BCUT2D eigenvalue weighted by Crippen LogP contribution is -2.39. The molecule has 1 aliphatic rings. The molecule has 31 heavy (non-hydrogen) atoms. The number of halogens is 2. The molecule has 0 saturated carbocycles. The quantitative estimate of drug-likeness (QED) is 0.628. The zero-order chi connectivity index (χ0) is 21.5. The zero-order valence-corrected chi connectivity index (χ0v) is 19.4. The molecule has 1 fully saturated rings. The summed E-state index contributed by atoms with van der Waals surface area (Å²) in [4.78, 5) is 36.1. The monoisotopic (exact) mass is 465 g/mol. The molecule has 1 saturated heterocycles. The molecular weight excluding hydrogens is 437 g/mol. The Labute approximate surface area is 194 Å². The fourth-order valence-corrected chi connectivity index (χ4v) is 3.52. The second-order valence-corrected chi connectivity index (χ2v) is 8.44. The summed E-state index contributed by atoms with van der Waals surface area (Å²) >= 11 is 5.82. The lowest BCUT2D eigenvalue weighted by atomic mass is 9.95. The van der Waals surface area contributed by atoms with E-state index < -0.39 is 5.91 Å². The van der Waals surface area contributed by atoms with Gasteiger partial charge in [-0.3, -0.25) is 9.59 Å². The van der Waals surface area contributed by atoms with E-state index in [1.165, 1.54) is 18.8 Å². The number of rotatable bonds is 7. The number of carbonyl (C=O) groups is 2. The maximum absolute atomic E-state index is 12.8. The minimum absolute atomic E-state index is 0. The smallest absolute Gasteiger partial charge is 0.277 e. The molecule has 7 nitrogen and oxygen atoms in total. The first-order valence-electron chi connectivity index (χ1n) is 10.3. The third kappa shape index (κ3) is 7.45. The van der Waals surface area contributed by atoms with Gasteiger partial charge in [-0.1, -0.05) is 25.4 Å². The van der Waals surface area contributed by atoms with E-state index in [0.717, 1.165) is 32.5 Å². The van der Waals surface area contributed by atoms with E-state index in [2.05, 4.69) is 39.3 Å². The zero-order valence-electron chi connectivity index (χ0n) is 17.8. The van der Waals surface area contributed by atoms with Crippen molar-refractivity contribution in [3.63, 3.8) is 0 Å². The molecule has 2 aromatic rings. The van der Waals surface area contributed by atoms with E-state index in [4.69, 9.17) is 11.6 Å². The number of piperidine rings is 1. The van der Waals surface area contributed by atoms with Crippen molar-refractivity contribution >= 4 is 47.3 Å². The van der Waals surface area contributed by atoms with Gasteiger partial charge in [-0.25, -0.2) is 9.97 Å². The van der Waals surface area contributed by atoms with Gasteiger partial charge in [0, 0.05) is 18.3 Å². The van der Waals surface area contributed by atoms with Crippen LogP contribution in [-0.4, -0.2) is 46.3 Å². The van der Waals surface area contributed by atoms with E-state index >= 15 is 0 Å². The summed E-state index contributed by atoms with van der Waals surface area (Å²) in [6.45, 7) is 7.38. The number of hydrogen-bond acceptors (Lipinski definition) is 5. The fourth-order valence-electron chi connectivity index (χ4n) is 3.41. The Bertz CT molecular complexity index is 868. The molecule has 3 heterocycles. The van der Waals surface area contributed by atoms with Crippen LogP contribution in [0, 0.1) is 11.8 Å². The third-order valence-corrected chi connectivity index (χ3v) is 5.45. The maximum Gasteiger partial charge on any atom is 0.277 e. The number of nitrogens with zero attached hydrogens (tertiary/aromatic N) is 3. The average Bonchev–Trinajstić information content (AvgIpc) is 2.74. The highest BCUT2D eigenvalue weighted by atomic mass is 35.5. The van der Waals surface area contributed by atoms with Crippen molar-refractivity contribution in [1.82, 2.24) is 14.9 Å². The molecule has 168 valence electrons. The molecular formula is C22H29Cl2N5O2. The Morgan fingerprint density at radius 2 is 1.90 bits per heavy atom. The molecule has 1 aliphatic heterocycles. The highest BCUT2D eigenvalue weighted by Gasteiger charge is 2.26. The highest BCUT2D eigenvalue weighted by Crippen LogP contribution is 2.22. The molecule has 3 rings (SSSR count). The summed E-state index contributed by atoms with van der Waals surface area (Å²) in [6, 6.07) is 6.63. The Hall–Kier alpha value is -2.22. The van der Waals surface area contributed by atoms with E-state index in [-0.39, 0.29) is 29.9 Å². The number of carbonyl (C=O) groups excluding carboxylic acids is 2. The standard InChI is InChI=1S/C22H28ClN5O2.ClH/c1-15(2)7-11-28-12-8-16(9-13-28)21(29)26-18-4-3-10-24-20(18)22(30)27-19-6-5-17(23)14-25-19;/h3-6,10,14-16H,7-9,11-13H2,1-2H3,(H,26,29)(H,25,27,30);1H. The number of hydrogen-bond donors (Lipinski definition) is 2. The van der Waals surface area contributed by atoms with E-state index in [9.17, 15) is 9.59 Å². The van der Waals surface area contributed by atoms with E-state index in [1.54, 1.807) is 24.3 Å². The van der Waals surface area contributed by atoms with Crippen molar-refractivity contribution in [3.05, 3.63) is 47.4 Å². The van der Waals surface area contributed by atoms with Gasteiger partial charge in [-0.2, -0.15) is 0 Å². The van der Waals surface area contributed by atoms with Gasteiger partial charge >= 0.3 is 0 Å². The first kappa shape index (κ1) is 25.0. The van der Waals surface area contributed by atoms with Gasteiger partial charge in [-0.15, -0.1) is 12.4 Å². The summed E-state index contributed by atoms with van der Waals surface area (Å²) in [5.74, 6) is 0.481. The van der Waals surface area contributed by atoms with Gasteiger partial charge in [0.05, 0.1) is 10.7 Å². The summed E-state index contributed by atoms with van der Waals surface area (Å²) in [5.41, 5.74) is 0.549. The molecule has 0 radical (unpaired) electrons. The topological polar surface area (TPSA) is 87.2 Å². The van der Waals surface area contributed by atoms with Crippen molar-refractivity contribution in [3.8, 4) is 0 Å². The molecule has 0 atom stereocenters. The van der Waals surface area contributed by atoms with Crippen LogP contribution in [0.15, 0.2) is 36.7 Å². The molecule has 0 bridgehead atoms. The van der Waals surface area contributed by atoms with Gasteiger partial charge in [0.25, 0.3) is 5.91 Å². The van der Waals surface area contributed by atoms with Gasteiger partial charge in [-0.05, 0) is 69.1 Å². The number of aromatic nitrogens is 2. The van der Waals surface area contributed by atoms with Crippen LogP contribution >= 0.6 is 24.0 Å². The number of anilines is 2. The Balaban J connectivity index is 0.00000341. The fraction of sp³-hybridized carbons (Fsp3) is 0.455. The summed E-state index contributed by atoms with van der Waals surface area (Å²) in [7, 11) is 0. The Morgan fingerprint density at radius 1 is 1.16 bits per heavy atom. The molecule has 0 aromatic carbocycles. The SMILES string of the molecule is CC(C)CCN1CCC(C(=O)Nc2cccnc2C(=O)Nc2ccc(Cl)cn2)CC1.Cl. The highest BCUT2D eigenvalue weighted by molar-refractivity contribution is 6.30. The van der Waals surface area contributed by atoms with Crippen LogP contribution in [0.3, 0.4) is 0 Å². The van der Waals surface area contributed by atoms with Crippen molar-refractivity contribution in [2.45, 2.75) is 33.1 Å². The minimum atomic E-state index is -0.441.